The number of aromatic nitrogens is 5. The summed E-state index contributed by atoms with van der Waals surface area (Å²) in [5, 5.41) is 15.9. The van der Waals surface area contributed by atoms with Crippen LogP contribution in [-0.2, 0) is 4.74 Å². The molecule has 1 fully saturated rings. The van der Waals surface area contributed by atoms with Gasteiger partial charge in [0.15, 0.2) is 11.5 Å². The first-order valence-electron chi connectivity index (χ1n) is 7.94. The maximum atomic E-state index is 5.49. The van der Waals surface area contributed by atoms with Crippen molar-refractivity contribution in [3.8, 4) is 0 Å². The van der Waals surface area contributed by atoms with Crippen molar-refractivity contribution in [1.29, 1.82) is 0 Å². The predicted octanol–water partition coefficient (Wildman–Crippen LogP) is 0.456. The molecule has 3 heterocycles. The van der Waals surface area contributed by atoms with Crippen LogP contribution in [0.1, 0.15) is 20.3 Å². The summed E-state index contributed by atoms with van der Waals surface area (Å²) in [6.45, 7) is 9.83. The molecule has 0 radical (unpaired) electrons. The fourth-order valence-electron chi connectivity index (χ4n) is 2.92. The summed E-state index contributed by atoms with van der Waals surface area (Å²) in [6.07, 6.45) is 1.12. The van der Waals surface area contributed by atoms with Crippen molar-refractivity contribution in [3.63, 3.8) is 0 Å². The Labute approximate surface area is 130 Å². The minimum atomic E-state index is 0.528. The van der Waals surface area contributed by atoms with Crippen LogP contribution in [0.2, 0.25) is 0 Å². The molecular formula is C14H23N7O. The van der Waals surface area contributed by atoms with Gasteiger partial charge in [0.25, 0.3) is 0 Å². The highest BCUT2D eigenvalue weighted by Crippen LogP contribution is 2.18. The number of nitrogens with zero attached hydrogens (tertiary/aromatic N) is 7. The molecule has 1 saturated heterocycles. The minimum Gasteiger partial charge on any atom is -0.380 e. The third-order valence-electron chi connectivity index (χ3n) is 4.18. The van der Waals surface area contributed by atoms with Crippen molar-refractivity contribution >= 4 is 11.5 Å². The molecule has 0 amide bonds. The van der Waals surface area contributed by atoms with Crippen molar-refractivity contribution in [3.05, 3.63) is 12.1 Å². The molecule has 1 unspecified atom stereocenters. The van der Waals surface area contributed by atoms with E-state index in [-0.39, 0.29) is 0 Å². The summed E-state index contributed by atoms with van der Waals surface area (Å²) in [5.74, 6) is 0.933. The van der Waals surface area contributed by atoms with Gasteiger partial charge in [0.1, 0.15) is 0 Å². The number of anilines is 1. The Kier molecular flexibility index (Phi) is 4.79. The zero-order valence-electron chi connectivity index (χ0n) is 13.2. The number of hydrogen-bond acceptors (Lipinski definition) is 7. The molecule has 0 bridgehead atoms. The van der Waals surface area contributed by atoms with Gasteiger partial charge in [-0.05, 0) is 35.9 Å². The fourth-order valence-corrected chi connectivity index (χ4v) is 2.92. The summed E-state index contributed by atoms with van der Waals surface area (Å²) < 4.78 is 6.97. The van der Waals surface area contributed by atoms with Crippen LogP contribution in [0.25, 0.3) is 5.65 Å². The normalized spacial score (nSPS) is 19.9. The number of tetrazole rings is 1. The van der Waals surface area contributed by atoms with Gasteiger partial charge in [-0.25, -0.2) is 0 Å². The van der Waals surface area contributed by atoms with E-state index in [0.717, 1.165) is 51.6 Å². The molecule has 2 aromatic rings. The van der Waals surface area contributed by atoms with Crippen LogP contribution in [0, 0.1) is 0 Å². The second-order valence-corrected chi connectivity index (χ2v) is 5.46. The van der Waals surface area contributed by atoms with E-state index in [1.807, 2.05) is 19.1 Å². The third kappa shape index (κ3) is 3.17. The maximum Gasteiger partial charge on any atom is 0.200 e. The van der Waals surface area contributed by atoms with Crippen molar-refractivity contribution in [2.75, 3.05) is 44.3 Å². The summed E-state index contributed by atoms with van der Waals surface area (Å²) in [5.41, 5.74) is 0.672. The van der Waals surface area contributed by atoms with Gasteiger partial charge in [0.2, 0.25) is 0 Å². The van der Waals surface area contributed by atoms with E-state index in [0.29, 0.717) is 11.7 Å². The van der Waals surface area contributed by atoms with E-state index in [2.05, 4.69) is 37.3 Å². The molecule has 120 valence electrons. The molecule has 0 N–H and O–H groups in total. The molecule has 1 aliphatic rings. The smallest absolute Gasteiger partial charge is 0.200 e. The molecule has 0 aliphatic carbocycles. The van der Waals surface area contributed by atoms with Crippen molar-refractivity contribution in [1.82, 2.24) is 30.2 Å². The van der Waals surface area contributed by atoms with Gasteiger partial charge in [-0.2, -0.15) is 0 Å². The van der Waals surface area contributed by atoms with Crippen LogP contribution in [0.4, 0.5) is 5.82 Å². The second kappa shape index (κ2) is 6.97. The molecule has 3 rings (SSSR count). The summed E-state index contributed by atoms with van der Waals surface area (Å²) in [7, 11) is 0. The van der Waals surface area contributed by atoms with Crippen LogP contribution < -0.4 is 4.90 Å². The summed E-state index contributed by atoms with van der Waals surface area (Å²) >= 11 is 0. The number of piperazine rings is 1. The van der Waals surface area contributed by atoms with Crippen molar-refractivity contribution in [2.45, 2.75) is 26.3 Å². The summed E-state index contributed by atoms with van der Waals surface area (Å²) in [6, 6.07) is 4.43. The third-order valence-corrected chi connectivity index (χ3v) is 4.18. The van der Waals surface area contributed by atoms with E-state index < -0.39 is 0 Å². The monoisotopic (exact) mass is 305 g/mol. The Morgan fingerprint density at radius 2 is 2.18 bits per heavy atom. The molecule has 0 aromatic carbocycles. The fraction of sp³-hybridized carbons (Fsp3) is 0.714. The van der Waals surface area contributed by atoms with Crippen LogP contribution >= 0.6 is 0 Å². The van der Waals surface area contributed by atoms with Gasteiger partial charge < -0.3 is 9.64 Å². The van der Waals surface area contributed by atoms with E-state index >= 15 is 0 Å². The quantitative estimate of drug-likeness (QED) is 0.718. The van der Waals surface area contributed by atoms with Crippen molar-refractivity contribution < 1.29 is 4.74 Å². The maximum absolute atomic E-state index is 5.49. The molecule has 0 saturated carbocycles. The Bertz CT molecular complexity index is 602. The van der Waals surface area contributed by atoms with E-state index in [1.54, 1.807) is 0 Å². The lowest BCUT2D eigenvalue weighted by atomic mass is 10.1. The Morgan fingerprint density at radius 3 is 3.00 bits per heavy atom. The van der Waals surface area contributed by atoms with Gasteiger partial charge in [-0.15, -0.1) is 14.8 Å². The number of hydrogen-bond donors (Lipinski definition) is 0. The molecule has 22 heavy (non-hydrogen) atoms. The van der Waals surface area contributed by atoms with E-state index in [1.165, 1.54) is 4.63 Å². The van der Waals surface area contributed by atoms with Crippen LogP contribution in [0.15, 0.2) is 12.1 Å². The molecule has 8 nitrogen and oxygen atoms in total. The Hall–Kier alpha value is -1.80. The first kappa shape index (κ1) is 15.1. The summed E-state index contributed by atoms with van der Waals surface area (Å²) in [4.78, 5) is 4.83. The minimum absolute atomic E-state index is 0.528. The molecule has 8 heteroatoms. The van der Waals surface area contributed by atoms with E-state index in [4.69, 9.17) is 4.74 Å². The first-order chi connectivity index (χ1) is 10.8. The van der Waals surface area contributed by atoms with Crippen molar-refractivity contribution in [2.24, 2.45) is 0 Å². The highest BCUT2D eigenvalue weighted by atomic mass is 16.5. The zero-order valence-corrected chi connectivity index (χ0v) is 13.2. The number of ether oxygens (including phenoxy) is 1. The molecule has 1 atom stereocenters. The van der Waals surface area contributed by atoms with Gasteiger partial charge in [0.05, 0.1) is 6.61 Å². The number of rotatable bonds is 6. The average molecular weight is 305 g/mol. The number of fused-ring (bicyclic) bond motifs is 1. The highest BCUT2D eigenvalue weighted by Gasteiger charge is 2.26. The van der Waals surface area contributed by atoms with Gasteiger partial charge >= 0.3 is 0 Å². The average Bonchev–Trinajstić information content (AvgIpc) is 3.03. The Morgan fingerprint density at radius 1 is 1.27 bits per heavy atom. The first-order valence-corrected chi connectivity index (χ1v) is 7.94. The van der Waals surface area contributed by atoms with Gasteiger partial charge in [-0.3, -0.25) is 4.90 Å². The SMILES string of the molecule is CCOCCN1CCN(c2ccc3nnnn3n2)CC1CC. The molecular weight excluding hydrogens is 282 g/mol. The van der Waals surface area contributed by atoms with E-state index in [9.17, 15) is 0 Å². The zero-order chi connectivity index (χ0) is 15.4. The van der Waals surface area contributed by atoms with Crippen LogP contribution in [0.5, 0.6) is 0 Å². The lowest BCUT2D eigenvalue weighted by Gasteiger charge is -2.41. The topological polar surface area (TPSA) is 71.7 Å². The second-order valence-electron chi connectivity index (χ2n) is 5.46. The standard InChI is InChI=1S/C14H23N7O/c1-3-12-11-20(8-7-19(12)9-10-22-4-2)14-6-5-13-15-17-18-21(13)16-14/h5-6,12H,3-4,7-11H2,1-2H3. The Balaban J connectivity index is 1.66. The van der Waals surface area contributed by atoms with Gasteiger partial charge in [0, 0.05) is 38.8 Å². The van der Waals surface area contributed by atoms with Crippen LogP contribution in [0.3, 0.4) is 0 Å². The molecule has 0 spiro atoms. The highest BCUT2D eigenvalue weighted by molar-refractivity contribution is 5.44. The lowest BCUT2D eigenvalue weighted by Crippen LogP contribution is -2.54. The predicted molar refractivity (Wildman–Crippen MR) is 82.9 cm³/mol. The molecule has 1 aliphatic heterocycles. The lowest BCUT2D eigenvalue weighted by molar-refractivity contribution is 0.0868. The molecule has 2 aromatic heterocycles. The van der Waals surface area contributed by atoms with Gasteiger partial charge in [-0.1, -0.05) is 6.92 Å². The van der Waals surface area contributed by atoms with Crippen LogP contribution in [-0.4, -0.2) is 75.6 Å². The largest absolute Gasteiger partial charge is 0.380 e.